The van der Waals surface area contributed by atoms with Gasteiger partial charge in [0, 0.05) is 25.4 Å². The molecule has 0 bridgehead atoms. The van der Waals surface area contributed by atoms with Gasteiger partial charge in [0.25, 0.3) is 5.56 Å². The molecule has 1 aromatic heterocycles. The molecule has 150 valence electrons. The third-order valence-corrected chi connectivity index (χ3v) is 6.87. The molecule has 0 radical (unpaired) electrons. The van der Waals surface area contributed by atoms with E-state index in [4.69, 9.17) is 11.6 Å². The SMILES string of the molecule is CC1(C)c2ccc(N3CCC(CO)CC3)cc2-n2c1nc(=O)c1c(Cl)cccc12. The molecule has 1 N–H and O–H groups in total. The van der Waals surface area contributed by atoms with E-state index in [0.29, 0.717) is 16.3 Å². The van der Waals surface area contributed by atoms with Gasteiger partial charge in [-0.25, -0.2) is 0 Å². The van der Waals surface area contributed by atoms with Gasteiger partial charge in [-0.1, -0.05) is 23.7 Å². The number of piperidine rings is 1. The van der Waals surface area contributed by atoms with Crippen molar-refractivity contribution in [3.8, 4) is 5.69 Å². The Labute approximate surface area is 174 Å². The summed E-state index contributed by atoms with van der Waals surface area (Å²) in [6.07, 6.45) is 2.00. The van der Waals surface area contributed by atoms with Crippen LogP contribution in [-0.4, -0.2) is 34.4 Å². The highest BCUT2D eigenvalue weighted by atomic mass is 35.5. The second kappa shape index (κ2) is 6.57. The lowest BCUT2D eigenvalue weighted by atomic mass is 9.85. The fourth-order valence-electron chi connectivity index (χ4n) is 4.81. The summed E-state index contributed by atoms with van der Waals surface area (Å²) in [6, 6.07) is 12.1. The van der Waals surface area contributed by atoms with Crippen LogP contribution in [0.25, 0.3) is 16.6 Å². The highest BCUT2D eigenvalue weighted by Crippen LogP contribution is 2.44. The summed E-state index contributed by atoms with van der Waals surface area (Å²) in [5.41, 5.74) is 3.54. The molecule has 3 heterocycles. The van der Waals surface area contributed by atoms with Crippen molar-refractivity contribution in [2.24, 2.45) is 5.92 Å². The van der Waals surface area contributed by atoms with E-state index in [9.17, 15) is 9.90 Å². The average molecular weight is 410 g/mol. The Hall–Kier alpha value is -2.37. The molecule has 1 saturated heterocycles. The number of nitrogens with zero attached hydrogens (tertiary/aromatic N) is 3. The number of fused-ring (bicyclic) bond motifs is 5. The molecule has 2 aliphatic rings. The van der Waals surface area contributed by atoms with Crippen molar-refractivity contribution >= 4 is 28.2 Å². The molecule has 6 heteroatoms. The van der Waals surface area contributed by atoms with E-state index >= 15 is 0 Å². The van der Waals surface area contributed by atoms with E-state index < -0.39 is 0 Å². The number of halogens is 1. The van der Waals surface area contributed by atoms with E-state index in [0.717, 1.165) is 54.2 Å². The summed E-state index contributed by atoms with van der Waals surface area (Å²) < 4.78 is 2.10. The Balaban J connectivity index is 1.70. The van der Waals surface area contributed by atoms with Crippen LogP contribution in [0.15, 0.2) is 41.2 Å². The molecule has 0 amide bonds. The van der Waals surface area contributed by atoms with Gasteiger partial charge in [-0.05, 0) is 62.4 Å². The van der Waals surface area contributed by atoms with Crippen molar-refractivity contribution in [3.05, 3.63) is 63.2 Å². The van der Waals surface area contributed by atoms with E-state index in [1.807, 2.05) is 12.1 Å². The average Bonchev–Trinajstić information content (AvgIpc) is 2.95. The zero-order chi connectivity index (χ0) is 20.3. The molecule has 2 aromatic carbocycles. The number of hydrogen-bond acceptors (Lipinski definition) is 4. The van der Waals surface area contributed by atoms with Crippen molar-refractivity contribution in [3.63, 3.8) is 0 Å². The van der Waals surface area contributed by atoms with Crippen LogP contribution in [0.3, 0.4) is 0 Å². The van der Waals surface area contributed by atoms with Crippen molar-refractivity contribution in [2.45, 2.75) is 32.1 Å². The first-order valence-electron chi connectivity index (χ1n) is 10.1. The first kappa shape index (κ1) is 18.6. The number of rotatable bonds is 2. The molecule has 0 unspecified atom stereocenters. The van der Waals surface area contributed by atoms with E-state index in [1.165, 1.54) is 0 Å². The predicted octanol–water partition coefficient (Wildman–Crippen LogP) is 3.89. The van der Waals surface area contributed by atoms with Gasteiger partial charge in [0.2, 0.25) is 0 Å². The van der Waals surface area contributed by atoms with Crippen molar-refractivity contribution in [2.75, 3.05) is 24.6 Å². The van der Waals surface area contributed by atoms with Gasteiger partial charge in [-0.2, -0.15) is 4.98 Å². The number of aliphatic hydroxyl groups excluding tert-OH is 1. The molecule has 0 atom stereocenters. The molecule has 1 fully saturated rings. The fraction of sp³-hybridized carbons (Fsp3) is 0.391. The van der Waals surface area contributed by atoms with Gasteiger partial charge in [0.05, 0.1) is 27.0 Å². The lowest BCUT2D eigenvalue weighted by molar-refractivity contribution is 0.203. The lowest BCUT2D eigenvalue weighted by Gasteiger charge is -2.33. The van der Waals surface area contributed by atoms with Crippen LogP contribution in [0.4, 0.5) is 5.69 Å². The molecular formula is C23H24ClN3O2. The quantitative estimate of drug-likeness (QED) is 0.697. The van der Waals surface area contributed by atoms with Crippen molar-refractivity contribution in [1.29, 1.82) is 0 Å². The summed E-state index contributed by atoms with van der Waals surface area (Å²) in [4.78, 5) is 19.6. The first-order chi connectivity index (χ1) is 13.9. The maximum atomic E-state index is 12.7. The first-order valence-corrected chi connectivity index (χ1v) is 10.5. The van der Waals surface area contributed by atoms with Gasteiger partial charge < -0.3 is 10.0 Å². The summed E-state index contributed by atoms with van der Waals surface area (Å²) >= 11 is 6.36. The van der Waals surface area contributed by atoms with Crippen LogP contribution < -0.4 is 10.5 Å². The van der Waals surface area contributed by atoms with Gasteiger partial charge in [0.15, 0.2) is 0 Å². The molecule has 0 saturated carbocycles. The standard InChI is InChI=1S/C23H24ClN3O2/c1-23(2)16-7-6-15(26-10-8-14(13-28)9-11-26)12-19(16)27-18-5-3-4-17(24)20(18)21(29)25-22(23)27/h3-7,12,14,28H,8-11,13H2,1-2H3. The Morgan fingerprint density at radius 2 is 1.97 bits per heavy atom. The number of anilines is 1. The molecular weight excluding hydrogens is 386 g/mol. The van der Waals surface area contributed by atoms with Crippen molar-refractivity contribution < 1.29 is 5.11 Å². The van der Waals surface area contributed by atoms with E-state index in [-0.39, 0.29) is 17.6 Å². The normalized spacial score (nSPS) is 18.1. The highest BCUT2D eigenvalue weighted by molar-refractivity contribution is 6.35. The predicted molar refractivity (Wildman–Crippen MR) is 117 cm³/mol. The van der Waals surface area contributed by atoms with Gasteiger partial charge >= 0.3 is 0 Å². The number of aromatic nitrogens is 2. The molecule has 5 rings (SSSR count). The monoisotopic (exact) mass is 409 g/mol. The Bertz CT molecular complexity index is 1180. The van der Waals surface area contributed by atoms with Gasteiger partial charge in [-0.15, -0.1) is 0 Å². The highest BCUT2D eigenvalue weighted by Gasteiger charge is 2.39. The van der Waals surface area contributed by atoms with Crippen LogP contribution in [-0.2, 0) is 5.41 Å². The fourth-order valence-corrected chi connectivity index (χ4v) is 5.06. The summed E-state index contributed by atoms with van der Waals surface area (Å²) in [6.45, 7) is 6.37. The molecule has 0 aliphatic carbocycles. The summed E-state index contributed by atoms with van der Waals surface area (Å²) in [5.74, 6) is 1.16. The van der Waals surface area contributed by atoms with Crippen LogP contribution in [0, 0.1) is 5.92 Å². The molecule has 3 aromatic rings. The van der Waals surface area contributed by atoms with Crippen LogP contribution in [0.2, 0.25) is 5.02 Å². The second-order valence-electron chi connectivity index (χ2n) is 8.65. The minimum atomic E-state index is -0.368. The maximum Gasteiger partial charge on any atom is 0.282 e. The number of benzene rings is 2. The topological polar surface area (TPSA) is 58.4 Å². The third-order valence-electron chi connectivity index (χ3n) is 6.56. The zero-order valence-corrected chi connectivity index (χ0v) is 17.4. The largest absolute Gasteiger partial charge is 0.396 e. The van der Waals surface area contributed by atoms with Gasteiger partial charge in [0.1, 0.15) is 5.82 Å². The summed E-state index contributed by atoms with van der Waals surface area (Å²) in [5, 5.41) is 10.3. The van der Waals surface area contributed by atoms with Gasteiger partial charge in [-0.3, -0.25) is 9.36 Å². The third kappa shape index (κ3) is 2.71. The van der Waals surface area contributed by atoms with Crippen molar-refractivity contribution in [1.82, 2.24) is 9.55 Å². The maximum absolute atomic E-state index is 12.7. The molecule has 0 spiro atoms. The Kier molecular flexibility index (Phi) is 4.23. The molecule has 29 heavy (non-hydrogen) atoms. The molecule has 5 nitrogen and oxygen atoms in total. The van der Waals surface area contributed by atoms with Crippen LogP contribution >= 0.6 is 11.6 Å². The Morgan fingerprint density at radius 3 is 2.69 bits per heavy atom. The zero-order valence-electron chi connectivity index (χ0n) is 16.7. The number of hydrogen-bond donors (Lipinski definition) is 1. The Morgan fingerprint density at radius 1 is 1.21 bits per heavy atom. The smallest absolute Gasteiger partial charge is 0.282 e. The second-order valence-corrected chi connectivity index (χ2v) is 9.06. The minimum absolute atomic E-state index is 0.269. The summed E-state index contributed by atoms with van der Waals surface area (Å²) in [7, 11) is 0. The van der Waals surface area contributed by atoms with E-state index in [2.05, 4.69) is 46.5 Å². The minimum Gasteiger partial charge on any atom is -0.396 e. The van der Waals surface area contributed by atoms with Crippen LogP contribution in [0.5, 0.6) is 0 Å². The lowest BCUT2D eigenvalue weighted by Crippen LogP contribution is -2.34. The number of aliphatic hydroxyl groups is 1. The molecule has 2 aliphatic heterocycles. The van der Waals surface area contributed by atoms with E-state index in [1.54, 1.807) is 6.07 Å². The van der Waals surface area contributed by atoms with Crippen LogP contribution in [0.1, 0.15) is 38.1 Å².